The lowest BCUT2D eigenvalue weighted by molar-refractivity contribution is -0.127. The molecule has 4 rings (SSSR count). The van der Waals surface area contributed by atoms with Gasteiger partial charge in [-0.05, 0) is 85.6 Å². The zero-order valence-electron chi connectivity index (χ0n) is 22.1. The van der Waals surface area contributed by atoms with Gasteiger partial charge in [0.2, 0.25) is 5.91 Å². The zero-order valence-corrected chi connectivity index (χ0v) is 24.5. The average molecular weight is 621 g/mol. The predicted molar refractivity (Wildman–Crippen MR) is 158 cm³/mol. The second kappa shape index (κ2) is 12.9. The van der Waals surface area contributed by atoms with Crippen molar-refractivity contribution in [1.82, 2.24) is 4.90 Å². The number of thioether (sulfide) groups is 1. The second-order valence-corrected chi connectivity index (χ2v) is 10.8. The Balaban J connectivity index is 1.50. The van der Waals surface area contributed by atoms with Crippen LogP contribution in [-0.4, -0.2) is 35.1 Å². The van der Waals surface area contributed by atoms with Crippen LogP contribution in [0.2, 0.25) is 0 Å². The van der Waals surface area contributed by atoms with Crippen LogP contribution in [0.3, 0.4) is 0 Å². The Hall–Kier alpha value is -4.07. The Morgan fingerprint density at radius 3 is 2.55 bits per heavy atom. The van der Waals surface area contributed by atoms with E-state index in [2.05, 4.69) is 27.3 Å². The largest absolute Gasteiger partial charge is 0.490 e. The van der Waals surface area contributed by atoms with E-state index in [9.17, 15) is 19.6 Å². The molecule has 3 amide bonds. The van der Waals surface area contributed by atoms with E-state index in [0.29, 0.717) is 39.4 Å². The van der Waals surface area contributed by atoms with Crippen molar-refractivity contribution in [3.05, 3.63) is 91.8 Å². The number of ether oxygens (including phenoxy) is 2. The summed E-state index contributed by atoms with van der Waals surface area (Å²) in [5, 5.41) is 11.6. The molecule has 8 nitrogen and oxygen atoms in total. The molecule has 0 radical (unpaired) electrons. The predicted octanol–water partition coefficient (Wildman–Crippen LogP) is 6.59. The lowest BCUT2D eigenvalue weighted by atomic mass is 10.1. The van der Waals surface area contributed by atoms with Gasteiger partial charge in [0.05, 0.1) is 23.1 Å². The number of aryl methyl sites for hydroxylation is 2. The van der Waals surface area contributed by atoms with Crippen molar-refractivity contribution < 1.29 is 23.9 Å². The molecule has 0 unspecified atom stereocenters. The number of halogens is 1. The van der Waals surface area contributed by atoms with Gasteiger partial charge in [0.1, 0.15) is 13.2 Å². The number of carbonyl (C=O) groups is 3. The number of nitriles is 1. The molecular weight excluding hydrogens is 594 g/mol. The first kappa shape index (κ1) is 28.9. The van der Waals surface area contributed by atoms with Crippen LogP contribution in [0.4, 0.5) is 10.5 Å². The SMILES string of the molecule is CCOc1cc(/C=C2/SC(=O)N(CC(=O)Nc3ccc(C)c(C)c3)C2=O)c(Br)cc1OCc1ccccc1C#N. The summed E-state index contributed by atoms with van der Waals surface area (Å²) < 4.78 is 12.4. The molecule has 0 spiro atoms. The van der Waals surface area contributed by atoms with Crippen LogP contribution >= 0.6 is 27.7 Å². The monoisotopic (exact) mass is 619 g/mol. The van der Waals surface area contributed by atoms with Crippen molar-refractivity contribution >= 4 is 56.5 Å². The summed E-state index contributed by atoms with van der Waals surface area (Å²) in [6, 6.07) is 18.2. The molecule has 1 heterocycles. The third kappa shape index (κ3) is 6.73. The molecule has 1 aliphatic rings. The highest BCUT2D eigenvalue weighted by atomic mass is 79.9. The molecule has 10 heteroatoms. The van der Waals surface area contributed by atoms with E-state index in [1.54, 1.807) is 36.4 Å². The van der Waals surface area contributed by atoms with E-state index in [0.717, 1.165) is 33.4 Å². The highest BCUT2D eigenvalue weighted by Crippen LogP contribution is 2.38. The van der Waals surface area contributed by atoms with E-state index in [1.807, 2.05) is 45.0 Å². The second-order valence-electron chi connectivity index (χ2n) is 8.93. The molecule has 0 bridgehead atoms. The Bertz CT molecular complexity index is 1560. The van der Waals surface area contributed by atoms with E-state index in [4.69, 9.17) is 9.47 Å². The number of nitrogens with one attached hydrogen (secondary N) is 1. The molecule has 3 aromatic carbocycles. The Morgan fingerprint density at radius 1 is 1.07 bits per heavy atom. The van der Waals surface area contributed by atoms with Crippen LogP contribution in [-0.2, 0) is 16.2 Å². The van der Waals surface area contributed by atoms with Crippen molar-refractivity contribution in [3.63, 3.8) is 0 Å². The van der Waals surface area contributed by atoms with Crippen molar-refractivity contribution in [2.45, 2.75) is 27.4 Å². The van der Waals surface area contributed by atoms with Crippen LogP contribution in [0, 0.1) is 25.2 Å². The first-order valence-corrected chi connectivity index (χ1v) is 14.0. The van der Waals surface area contributed by atoms with Crippen molar-refractivity contribution in [2.75, 3.05) is 18.5 Å². The van der Waals surface area contributed by atoms with Gasteiger partial charge >= 0.3 is 0 Å². The number of carbonyl (C=O) groups excluding carboxylic acids is 3. The van der Waals surface area contributed by atoms with Gasteiger partial charge in [0.15, 0.2) is 11.5 Å². The third-order valence-electron chi connectivity index (χ3n) is 6.14. The molecule has 1 saturated heterocycles. The number of hydrogen-bond acceptors (Lipinski definition) is 7. The summed E-state index contributed by atoms with van der Waals surface area (Å²) in [5.41, 5.74) is 4.57. The normalized spacial score (nSPS) is 13.9. The third-order valence-corrected chi connectivity index (χ3v) is 7.73. The van der Waals surface area contributed by atoms with E-state index < -0.39 is 23.6 Å². The van der Waals surface area contributed by atoms with Gasteiger partial charge in [0.25, 0.3) is 11.1 Å². The van der Waals surface area contributed by atoms with Gasteiger partial charge in [-0.15, -0.1) is 0 Å². The summed E-state index contributed by atoms with van der Waals surface area (Å²) in [4.78, 5) is 39.4. The molecule has 0 saturated carbocycles. The van der Waals surface area contributed by atoms with E-state index in [-0.39, 0.29) is 11.5 Å². The molecule has 1 N–H and O–H groups in total. The number of nitrogens with zero attached hydrogens (tertiary/aromatic N) is 2. The smallest absolute Gasteiger partial charge is 0.294 e. The maximum Gasteiger partial charge on any atom is 0.294 e. The number of rotatable bonds is 9. The molecule has 204 valence electrons. The summed E-state index contributed by atoms with van der Waals surface area (Å²) in [7, 11) is 0. The zero-order chi connectivity index (χ0) is 28.8. The lowest BCUT2D eigenvalue weighted by Gasteiger charge is -2.15. The van der Waals surface area contributed by atoms with Crippen LogP contribution in [0.25, 0.3) is 6.08 Å². The maximum absolute atomic E-state index is 13.1. The summed E-state index contributed by atoms with van der Waals surface area (Å²) in [5.74, 6) is -0.122. The van der Waals surface area contributed by atoms with Crippen LogP contribution in [0.15, 0.2) is 64.0 Å². The first-order chi connectivity index (χ1) is 19.2. The summed E-state index contributed by atoms with van der Waals surface area (Å²) >= 11 is 4.28. The lowest BCUT2D eigenvalue weighted by Crippen LogP contribution is -2.36. The van der Waals surface area contributed by atoms with Crippen molar-refractivity contribution in [2.24, 2.45) is 0 Å². The molecule has 3 aromatic rings. The number of benzene rings is 3. The highest BCUT2D eigenvalue weighted by molar-refractivity contribution is 9.10. The van der Waals surface area contributed by atoms with Gasteiger partial charge in [0, 0.05) is 15.7 Å². The molecule has 0 aromatic heterocycles. The van der Waals surface area contributed by atoms with Gasteiger partial charge < -0.3 is 14.8 Å². The highest BCUT2D eigenvalue weighted by Gasteiger charge is 2.36. The Labute approximate surface area is 245 Å². The van der Waals surface area contributed by atoms with Crippen LogP contribution in [0.1, 0.15) is 34.7 Å². The standard InChI is InChI=1S/C30H26BrN3O5S/c1-4-38-25-12-22(24(31)14-26(25)39-17-21-8-6-5-7-20(21)15-32)13-27-29(36)34(30(37)40-27)16-28(35)33-23-10-9-18(2)19(3)11-23/h5-14H,4,16-17H2,1-3H3,(H,33,35)/b27-13+. The van der Waals surface area contributed by atoms with Gasteiger partial charge in [-0.3, -0.25) is 19.3 Å². The Kier molecular flexibility index (Phi) is 9.30. The van der Waals surface area contributed by atoms with Crippen LogP contribution in [0.5, 0.6) is 11.5 Å². The fourth-order valence-corrected chi connectivity index (χ4v) is 5.16. The van der Waals surface area contributed by atoms with Gasteiger partial charge in [-0.1, -0.05) is 40.2 Å². The molecule has 1 aliphatic heterocycles. The molecule has 0 atom stereocenters. The molecule has 0 aliphatic carbocycles. The number of amides is 3. The fourth-order valence-electron chi connectivity index (χ4n) is 3.89. The minimum absolute atomic E-state index is 0.165. The number of imide groups is 1. The maximum atomic E-state index is 13.1. The first-order valence-electron chi connectivity index (χ1n) is 12.4. The average Bonchev–Trinajstić information content (AvgIpc) is 3.19. The summed E-state index contributed by atoms with van der Waals surface area (Å²) in [6.07, 6.45) is 1.58. The Morgan fingerprint density at radius 2 is 1.82 bits per heavy atom. The minimum atomic E-state index is -0.552. The van der Waals surface area contributed by atoms with Gasteiger partial charge in [-0.2, -0.15) is 5.26 Å². The molecular formula is C30H26BrN3O5S. The van der Waals surface area contributed by atoms with E-state index in [1.165, 1.54) is 0 Å². The van der Waals surface area contributed by atoms with E-state index >= 15 is 0 Å². The minimum Gasteiger partial charge on any atom is -0.490 e. The van der Waals surface area contributed by atoms with Gasteiger partial charge in [-0.25, -0.2) is 0 Å². The molecule has 40 heavy (non-hydrogen) atoms. The van der Waals surface area contributed by atoms with Crippen molar-refractivity contribution in [1.29, 1.82) is 5.26 Å². The van der Waals surface area contributed by atoms with Crippen molar-refractivity contribution in [3.8, 4) is 17.6 Å². The topological polar surface area (TPSA) is 109 Å². The number of anilines is 1. The summed E-state index contributed by atoms with van der Waals surface area (Å²) in [6.45, 7) is 5.90. The number of hydrogen-bond donors (Lipinski definition) is 1. The quantitative estimate of drug-likeness (QED) is 0.269. The van der Waals surface area contributed by atoms with Crippen LogP contribution < -0.4 is 14.8 Å². The fraction of sp³-hybridized carbons (Fsp3) is 0.200. The molecule has 1 fully saturated rings.